The summed E-state index contributed by atoms with van der Waals surface area (Å²) in [4.78, 5) is 31.2. The molecule has 1 atom stereocenters. The highest BCUT2D eigenvalue weighted by molar-refractivity contribution is 7.17. The topological polar surface area (TPSA) is 72.7 Å². The number of hydrogen-bond donors (Lipinski definition) is 1. The largest absolute Gasteiger partial charge is 0.462 e. The van der Waals surface area contributed by atoms with Crippen LogP contribution in [0.4, 0.5) is 9.39 Å². The number of imidazole rings is 1. The number of nitrogens with zero attached hydrogens (tertiary/aromatic N) is 2. The third-order valence-corrected chi connectivity index (χ3v) is 6.36. The van der Waals surface area contributed by atoms with Crippen molar-refractivity contribution in [1.29, 1.82) is 0 Å². The van der Waals surface area contributed by atoms with Gasteiger partial charge < -0.3 is 10.1 Å². The molecule has 0 spiro atoms. The third-order valence-electron chi connectivity index (χ3n) is 5.19. The Morgan fingerprint density at radius 3 is 2.97 bits per heavy atom. The van der Waals surface area contributed by atoms with Crippen LogP contribution in [0.15, 0.2) is 18.3 Å². The lowest BCUT2D eigenvalue weighted by atomic mass is 9.88. The molecule has 0 fully saturated rings. The maximum absolute atomic E-state index is 13.7. The number of anilines is 1. The van der Waals surface area contributed by atoms with Gasteiger partial charge in [0.25, 0.3) is 5.91 Å². The molecule has 3 aromatic rings. The highest BCUT2D eigenvalue weighted by Gasteiger charge is 2.30. The number of fused-ring (bicyclic) bond motifs is 2. The van der Waals surface area contributed by atoms with E-state index < -0.39 is 17.7 Å². The summed E-state index contributed by atoms with van der Waals surface area (Å²) >= 11 is 1.42. The Labute approximate surface area is 171 Å². The first kappa shape index (κ1) is 19.6. The van der Waals surface area contributed by atoms with Crippen LogP contribution in [0.3, 0.4) is 0 Å². The Morgan fingerprint density at radius 2 is 2.21 bits per heavy atom. The normalized spacial score (nSPS) is 15.9. The molecular formula is C21H22FN3O3S. The number of ether oxygens (including phenoxy) is 1. The van der Waals surface area contributed by atoms with Gasteiger partial charge in [-0.2, -0.15) is 0 Å². The van der Waals surface area contributed by atoms with E-state index in [1.165, 1.54) is 34.1 Å². The standard InChI is InChI=1S/C21H22FN3O3S/c1-4-28-21(27)17-14-7-5-11(2)9-15(14)29-20(17)24-19(26)18-12(3)23-16-8-6-13(22)10-25(16)18/h6,8,10-11H,4-5,7,9H2,1-3H3,(H,24,26). The zero-order valence-corrected chi connectivity index (χ0v) is 17.4. The maximum Gasteiger partial charge on any atom is 0.341 e. The van der Waals surface area contributed by atoms with Crippen LogP contribution in [0.25, 0.3) is 5.65 Å². The van der Waals surface area contributed by atoms with Gasteiger partial charge in [0.2, 0.25) is 0 Å². The van der Waals surface area contributed by atoms with Crippen LogP contribution in [0, 0.1) is 18.7 Å². The minimum absolute atomic E-state index is 0.244. The van der Waals surface area contributed by atoms with Gasteiger partial charge in [0, 0.05) is 11.1 Å². The lowest BCUT2D eigenvalue weighted by Crippen LogP contribution is -2.18. The van der Waals surface area contributed by atoms with E-state index in [0.717, 1.165) is 29.7 Å². The number of thiophene rings is 1. The zero-order valence-electron chi connectivity index (χ0n) is 16.5. The second-order valence-corrected chi connectivity index (χ2v) is 8.46. The summed E-state index contributed by atoms with van der Waals surface area (Å²) in [7, 11) is 0. The predicted octanol–water partition coefficient (Wildman–Crippen LogP) is 4.40. The minimum atomic E-state index is -0.461. The summed E-state index contributed by atoms with van der Waals surface area (Å²) in [6.45, 7) is 5.90. The molecule has 29 heavy (non-hydrogen) atoms. The number of aryl methyl sites for hydroxylation is 1. The van der Waals surface area contributed by atoms with E-state index in [-0.39, 0.29) is 12.3 Å². The first-order valence-electron chi connectivity index (χ1n) is 9.66. The number of amides is 1. The number of carbonyl (C=O) groups excluding carboxylic acids is 2. The molecule has 0 saturated carbocycles. The summed E-state index contributed by atoms with van der Waals surface area (Å²) in [6.07, 6.45) is 3.89. The van der Waals surface area contributed by atoms with Crippen molar-refractivity contribution in [1.82, 2.24) is 9.38 Å². The summed E-state index contributed by atoms with van der Waals surface area (Å²) < 4.78 is 20.4. The number of aromatic nitrogens is 2. The van der Waals surface area contributed by atoms with Crippen LogP contribution < -0.4 is 5.32 Å². The van der Waals surface area contributed by atoms with Gasteiger partial charge in [0.15, 0.2) is 0 Å². The van der Waals surface area contributed by atoms with Gasteiger partial charge in [-0.25, -0.2) is 14.2 Å². The molecule has 0 bridgehead atoms. The van der Waals surface area contributed by atoms with Gasteiger partial charge in [-0.05, 0) is 56.7 Å². The van der Waals surface area contributed by atoms with Gasteiger partial charge in [-0.15, -0.1) is 11.3 Å². The molecule has 4 rings (SSSR count). The molecule has 1 N–H and O–H groups in total. The Bertz CT molecular complexity index is 1120. The molecule has 0 radical (unpaired) electrons. The van der Waals surface area contributed by atoms with Gasteiger partial charge in [-0.3, -0.25) is 9.20 Å². The van der Waals surface area contributed by atoms with Crippen molar-refractivity contribution in [3.63, 3.8) is 0 Å². The molecular weight excluding hydrogens is 393 g/mol. The number of carbonyl (C=O) groups is 2. The molecule has 152 valence electrons. The molecule has 1 unspecified atom stereocenters. The maximum atomic E-state index is 13.7. The van der Waals surface area contributed by atoms with E-state index in [1.54, 1.807) is 13.8 Å². The molecule has 8 heteroatoms. The van der Waals surface area contributed by atoms with Crippen LogP contribution in [-0.4, -0.2) is 27.9 Å². The number of halogens is 1. The molecule has 1 aliphatic rings. The third kappa shape index (κ3) is 3.53. The zero-order chi connectivity index (χ0) is 20.7. The first-order valence-corrected chi connectivity index (χ1v) is 10.5. The summed E-state index contributed by atoms with van der Waals surface area (Å²) in [5.41, 5.74) is 2.64. The fourth-order valence-corrected chi connectivity index (χ4v) is 5.22. The predicted molar refractivity (Wildman–Crippen MR) is 109 cm³/mol. The van der Waals surface area contributed by atoms with Crippen molar-refractivity contribution in [3.8, 4) is 0 Å². The number of esters is 1. The average Bonchev–Trinajstić information content (AvgIpc) is 3.17. The summed E-state index contributed by atoms with van der Waals surface area (Å²) in [5, 5.41) is 3.36. The molecule has 1 aliphatic carbocycles. The SMILES string of the molecule is CCOC(=O)c1c(NC(=O)c2c(C)nc3ccc(F)cn23)sc2c1CCC(C)C2. The fourth-order valence-electron chi connectivity index (χ4n) is 3.83. The smallest absolute Gasteiger partial charge is 0.341 e. The second kappa shape index (κ2) is 7.59. The van der Waals surface area contributed by atoms with E-state index in [9.17, 15) is 14.0 Å². The van der Waals surface area contributed by atoms with E-state index in [1.807, 2.05) is 0 Å². The van der Waals surface area contributed by atoms with E-state index in [4.69, 9.17) is 4.74 Å². The average molecular weight is 415 g/mol. The van der Waals surface area contributed by atoms with Crippen molar-refractivity contribution in [2.75, 3.05) is 11.9 Å². The van der Waals surface area contributed by atoms with Crippen LogP contribution >= 0.6 is 11.3 Å². The Kier molecular flexibility index (Phi) is 5.12. The van der Waals surface area contributed by atoms with Crippen LogP contribution in [0.1, 0.15) is 57.2 Å². The van der Waals surface area contributed by atoms with Crippen molar-refractivity contribution >= 4 is 33.9 Å². The minimum Gasteiger partial charge on any atom is -0.462 e. The van der Waals surface area contributed by atoms with Crippen molar-refractivity contribution in [2.24, 2.45) is 5.92 Å². The van der Waals surface area contributed by atoms with Crippen molar-refractivity contribution in [3.05, 3.63) is 51.5 Å². The highest BCUT2D eigenvalue weighted by Crippen LogP contribution is 2.40. The van der Waals surface area contributed by atoms with Gasteiger partial charge in [0.05, 0.1) is 17.9 Å². The molecule has 3 heterocycles. The molecule has 0 aliphatic heterocycles. The van der Waals surface area contributed by atoms with Gasteiger partial charge in [-0.1, -0.05) is 6.92 Å². The van der Waals surface area contributed by atoms with Gasteiger partial charge >= 0.3 is 5.97 Å². The van der Waals surface area contributed by atoms with Crippen LogP contribution in [0.2, 0.25) is 0 Å². The highest BCUT2D eigenvalue weighted by atomic mass is 32.1. The van der Waals surface area contributed by atoms with E-state index >= 15 is 0 Å². The lowest BCUT2D eigenvalue weighted by Gasteiger charge is -2.18. The Morgan fingerprint density at radius 1 is 1.41 bits per heavy atom. The molecule has 0 saturated heterocycles. The number of nitrogens with one attached hydrogen (secondary N) is 1. The summed E-state index contributed by atoms with van der Waals surface area (Å²) in [5.74, 6) is -0.783. The number of pyridine rings is 1. The quantitative estimate of drug-likeness (QED) is 0.641. The van der Waals surface area contributed by atoms with Crippen LogP contribution in [-0.2, 0) is 17.6 Å². The Hall–Kier alpha value is -2.74. The van der Waals surface area contributed by atoms with Crippen molar-refractivity contribution < 1.29 is 18.7 Å². The Balaban J connectivity index is 1.74. The van der Waals surface area contributed by atoms with Crippen LogP contribution in [0.5, 0.6) is 0 Å². The first-order chi connectivity index (χ1) is 13.9. The molecule has 3 aromatic heterocycles. The van der Waals surface area contributed by atoms with E-state index in [2.05, 4.69) is 17.2 Å². The van der Waals surface area contributed by atoms with Crippen molar-refractivity contribution in [2.45, 2.75) is 40.0 Å². The molecule has 6 nitrogen and oxygen atoms in total. The van der Waals surface area contributed by atoms with E-state index in [0.29, 0.717) is 27.8 Å². The number of hydrogen-bond acceptors (Lipinski definition) is 5. The van der Waals surface area contributed by atoms with Gasteiger partial charge in [0.1, 0.15) is 22.2 Å². The molecule has 1 amide bonds. The molecule has 0 aromatic carbocycles. The fraction of sp³-hybridized carbons (Fsp3) is 0.381. The summed E-state index contributed by atoms with van der Waals surface area (Å²) in [6, 6.07) is 2.82. The monoisotopic (exact) mass is 415 g/mol. The lowest BCUT2D eigenvalue weighted by molar-refractivity contribution is 0.0526. The second-order valence-electron chi connectivity index (χ2n) is 7.35. The number of rotatable bonds is 4.